The summed E-state index contributed by atoms with van der Waals surface area (Å²) >= 11 is 0. The summed E-state index contributed by atoms with van der Waals surface area (Å²) in [5, 5.41) is 21.3. The highest BCUT2D eigenvalue weighted by Gasteiger charge is 2.18. The molecule has 6 heteroatoms. The molecule has 1 amide bonds. The summed E-state index contributed by atoms with van der Waals surface area (Å²) in [5.41, 5.74) is 0.0299. The lowest BCUT2D eigenvalue weighted by atomic mass is 10.1. The van der Waals surface area contributed by atoms with Crippen molar-refractivity contribution >= 4 is 17.6 Å². The van der Waals surface area contributed by atoms with E-state index in [-0.39, 0.29) is 17.2 Å². The highest BCUT2D eigenvalue weighted by Crippen LogP contribution is 2.21. The lowest BCUT2D eigenvalue weighted by Gasteiger charge is -2.16. The number of nitrogens with one attached hydrogen (secondary N) is 1. The van der Waals surface area contributed by atoms with Crippen molar-refractivity contribution in [2.75, 3.05) is 11.9 Å². The van der Waals surface area contributed by atoms with Crippen LogP contribution in [-0.4, -0.2) is 34.8 Å². The number of anilines is 1. The van der Waals surface area contributed by atoms with E-state index in [2.05, 4.69) is 54.8 Å². The number of hydrogen-bond donors (Lipinski definition) is 3. The molecule has 0 bridgehead atoms. The Morgan fingerprint density at radius 2 is 1.56 bits per heavy atom. The highest BCUT2D eigenvalue weighted by molar-refractivity contribution is 5.97. The third kappa shape index (κ3) is 11.3. The quantitative estimate of drug-likeness (QED) is 0.176. The lowest BCUT2D eigenvalue weighted by Crippen LogP contribution is -2.30. The van der Waals surface area contributed by atoms with E-state index in [9.17, 15) is 14.7 Å². The molecule has 32 heavy (non-hydrogen) atoms. The number of benzene rings is 1. The summed E-state index contributed by atoms with van der Waals surface area (Å²) in [4.78, 5) is 23.5. The van der Waals surface area contributed by atoms with Gasteiger partial charge in [-0.25, -0.2) is 4.79 Å². The third-order valence-electron chi connectivity index (χ3n) is 4.48. The SMILES string of the molecule is CCC=CCC=CCC=CCC=CCCOC(CC)C(=O)Nc1ccc(O)c(C(=O)O)c1. The number of carboxylic acids is 1. The van der Waals surface area contributed by atoms with Gasteiger partial charge in [0, 0.05) is 5.69 Å². The van der Waals surface area contributed by atoms with Gasteiger partial charge >= 0.3 is 5.97 Å². The Bertz CT molecular complexity index is 824. The average molecular weight is 442 g/mol. The molecule has 0 aliphatic rings. The Balaban J connectivity index is 2.30. The minimum Gasteiger partial charge on any atom is -0.507 e. The number of ether oxygens (including phenoxy) is 1. The first-order valence-electron chi connectivity index (χ1n) is 11.1. The third-order valence-corrected chi connectivity index (χ3v) is 4.48. The number of allylic oxidation sites excluding steroid dienone is 7. The first-order valence-corrected chi connectivity index (χ1v) is 11.1. The van der Waals surface area contributed by atoms with E-state index >= 15 is 0 Å². The van der Waals surface area contributed by atoms with Crippen molar-refractivity contribution < 1.29 is 24.5 Å². The topological polar surface area (TPSA) is 95.9 Å². The smallest absolute Gasteiger partial charge is 0.339 e. The van der Waals surface area contributed by atoms with Gasteiger partial charge in [-0.05, 0) is 56.7 Å². The number of phenols is 1. The van der Waals surface area contributed by atoms with Crippen LogP contribution in [-0.2, 0) is 9.53 Å². The number of aromatic hydroxyl groups is 1. The Morgan fingerprint density at radius 3 is 2.12 bits per heavy atom. The molecule has 1 aromatic carbocycles. The van der Waals surface area contributed by atoms with Crippen LogP contribution in [0.3, 0.4) is 0 Å². The molecular weight excluding hydrogens is 406 g/mol. The molecule has 0 radical (unpaired) electrons. The van der Waals surface area contributed by atoms with E-state index in [1.54, 1.807) is 0 Å². The van der Waals surface area contributed by atoms with Crippen LogP contribution in [0.5, 0.6) is 5.75 Å². The van der Waals surface area contributed by atoms with Crippen LogP contribution in [0.1, 0.15) is 62.7 Å². The van der Waals surface area contributed by atoms with Crippen LogP contribution < -0.4 is 5.32 Å². The van der Waals surface area contributed by atoms with Crippen LogP contribution in [0.2, 0.25) is 0 Å². The molecule has 0 aliphatic heterocycles. The van der Waals surface area contributed by atoms with Crippen LogP contribution in [0.25, 0.3) is 0 Å². The summed E-state index contributed by atoms with van der Waals surface area (Å²) in [6.07, 6.45) is 21.4. The van der Waals surface area contributed by atoms with Gasteiger partial charge in [0.25, 0.3) is 5.91 Å². The van der Waals surface area contributed by atoms with Crippen molar-refractivity contribution in [3.63, 3.8) is 0 Å². The molecule has 1 aromatic rings. The molecule has 0 saturated carbocycles. The molecule has 0 saturated heterocycles. The zero-order valence-corrected chi connectivity index (χ0v) is 19.0. The van der Waals surface area contributed by atoms with E-state index in [1.807, 2.05) is 13.0 Å². The van der Waals surface area contributed by atoms with E-state index < -0.39 is 12.1 Å². The maximum absolute atomic E-state index is 12.4. The zero-order valence-electron chi connectivity index (χ0n) is 19.0. The minimum atomic E-state index is -1.26. The fourth-order valence-electron chi connectivity index (χ4n) is 2.76. The van der Waals surface area contributed by atoms with Gasteiger partial charge in [-0.1, -0.05) is 62.5 Å². The van der Waals surface area contributed by atoms with Crippen molar-refractivity contribution in [2.45, 2.75) is 58.5 Å². The molecule has 0 aromatic heterocycles. The maximum atomic E-state index is 12.4. The summed E-state index contributed by atoms with van der Waals surface area (Å²) in [5.74, 6) is -1.96. The largest absolute Gasteiger partial charge is 0.507 e. The predicted octanol–water partition coefficient (Wildman–Crippen LogP) is 6.02. The zero-order chi connectivity index (χ0) is 23.6. The van der Waals surface area contributed by atoms with Crippen molar-refractivity contribution in [3.8, 4) is 5.75 Å². The Morgan fingerprint density at radius 1 is 0.969 bits per heavy atom. The van der Waals surface area contributed by atoms with Crippen LogP contribution in [0.15, 0.2) is 66.8 Å². The molecule has 0 aliphatic carbocycles. The molecule has 0 fully saturated rings. The lowest BCUT2D eigenvalue weighted by molar-refractivity contribution is -0.127. The van der Waals surface area contributed by atoms with Crippen molar-refractivity contribution in [2.24, 2.45) is 0 Å². The van der Waals surface area contributed by atoms with E-state index in [1.165, 1.54) is 18.2 Å². The fourth-order valence-corrected chi connectivity index (χ4v) is 2.76. The average Bonchev–Trinajstić information content (AvgIpc) is 2.77. The predicted molar refractivity (Wildman–Crippen MR) is 129 cm³/mol. The Kier molecular flexibility index (Phi) is 13.9. The number of amides is 1. The van der Waals surface area contributed by atoms with Gasteiger partial charge < -0.3 is 20.3 Å². The first kappa shape index (κ1) is 26.9. The van der Waals surface area contributed by atoms with Crippen LogP contribution in [0.4, 0.5) is 5.69 Å². The summed E-state index contributed by atoms with van der Waals surface area (Å²) in [7, 11) is 0. The van der Waals surface area contributed by atoms with Gasteiger partial charge in [0.15, 0.2) is 0 Å². The molecule has 3 N–H and O–H groups in total. The molecule has 1 unspecified atom stereocenters. The molecule has 0 heterocycles. The van der Waals surface area contributed by atoms with Crippen LogP contribution in [0, 0.1) is 0 Å². The molecule has 0 spiro atoms. The molecule has 6 nitrogen and oxygen atoms in total. The molecular formula is C26H35NO5. The van der Waals surface area contributed by atoms with Gasteiger partial charge in [-0.3, -0.25) is 4.79 Å². The van der Waals surface area contributed by atoms with Crippen molar-refractivity contribution in [3.05, 3.63) is 72.4 Å². The number of aromatic carboxylic acids is 1. The number of carboxylic acid groups (broad SMARTS) is 1. The standard InChI is InChI=1S/C26H35NO5/c1-3-5-6-7-8-9-10-11-12-13-14-15-16-19-32-24(4-2)25(29)27-21-17-18-23(28)22(20-21)26(30)31/h5-6,8-9,11-12,14-15,17-18,20,24,28H,3-4,7,10,13,16,19H2,1-2H3,(H,27,29)(H,30,31). The Labute approximate surface area is 191 Å². The van der Waals surface area contributed by atoms with E-state index in [0.717, 1.165) is 25.7 Å². The van der Waals surface area contributed by atoms with Gasteiger partial charge in [0.05, 0.1) is 6.61 Å². The van der Waals surface area contributed by atoms with Gasteiger partial charge in [0.2, 0.25) is 0 Å². The van der Waals surface area contributed by atoms with Crippen molar-refractivity contribution in [1.29, 1.82) is 0 Å². The molecule has 174 valence electrons. The Hall–Kier alpha value is -3.12. The number of carbonyl (C=O) groups is 2. The highest BCUT2D eigenvalue weighted by atomic mass is 16.5. The van der Waals surface area contributed by atoms with Gasteiger partial charge in [-0.15, -0.1) is 0 Å². The normalized spacial score (nSPS) is 12.9. The monoisotopic (exact) mass is 441 g/mol. The second kappa shape index (κ2) is 16.6. The summed E-state index contributed by atoms with van der Waals surface area (Å²) in [6.45, 7) is 4.38. The summed E-state index contributed by atoms with van der Waals surface area (Å²) in [6, 6.07) is 3.90. The fraction of sp³-hybridized carbons (Fsp3) is 0.385. The van der Waals surface area contributed by atoms with Gasteiger partial charge in [-0.2, -0.15) is 0 Å². The molecule has 1 rings (SSSR count). The summed E-state index contributed by atoms with van der Waals surface area (Å²) < 4.78 is 5.66. The molecule has 1 atom stereocenters. The number of rotatable bonds is 15. The first-order chi connectivity index (χ1) is 15.5. The number of carbonyl (C=O) groups excluding carboxylic acids is 1. The maximum Gasteiger partial charge on any atom is 0.339 e. The van der Waals surface area contributed by atoms with E-state index in [4.69, 9.17) is 9.84 Å². The van der Waals surface area contributed by atoms with Gasteiger partial charge in [0.1, 0.15) is 17.4 Å². The van der Waals surface area contributed by atoms with E-state index in [0.29, 0.717) is 25.1 Å². The second-order valence-corrected chi connectivity index (χ2v) is 7.08. The second-order valence-electron chi connectivity index (χ2n) is 7.08. The van der Waals surface area contributed by atoms with Crippen molar-refractivity contribution in [1.82, 2.24) is 0 Å². The minimum absolute atomic E-state index is 0.267. The number of hydrogen-bond acceptors (Lipinski definition) is 4. The van der Waals surface area contributed by atoms with Crippen LogP contribution >= 0.6 is 0 Å².